The minimum atomic E-state index is -1.09. The van der Waals surface area contributed by atoms with Crippen molar-refractivity contribution in [3.63, 3.8) is 0 Å². The van der Waals surface area contributed by atoms with Gasteiger partial charge in [0, 0.05) is 55.3 Å². The lowest BCUT2D eigenvalue weighted by Crippen LogP contribution is -2.64. The maximum Gasteiger partial charge on any atom is 0.355 e. The van der Waals surface area contributed by atoms with E-state index in [1.54, 1.807) is 12.4 Å². The molecule has 4 saturated carbocycles. The van der Waals surface area contributed by atoms with E-state index >= 15 is 0 Å². The van der Waals surface area contributed by atoms with E-state index in [9.17, 15) is 14.7 Å². The van der Waals surface area contributed by atoms with E-state index in [1.807, 2.05) is 61.4 Å². The summed E-state index contributed by atoms with van der Waals surface area (Å²) in [5, 5.41) is 18.8. The van der Waals surface area contributed by atoms with Crippen molar-refractivity contribution in [1.82, 2.24) is 24.7 Å². The highest BCUT2D eigenvalue weighted by molar-refractivity contribution is 7.22. The Hall–Kier alpha value is -4.68. The van der Waals surface area contributed by atoms with Crippen LogP contribution in [0.4, 0.5) is 10.9 Å². The minimum absolute atomic E-state index is 0.00502. The zero-order chi connectivity index (χ0) is 36.0. The van der Waals surface area contributed by atoms with Gasteiger partial charge in [0.2, 0.25) is 0 Å². The molecular weight excluding hydrogens is 675 g/mol. The van der Waals surface area contributed by atoms with Crippen LogP contribution in [0.3, 0.4) is 0 Å². The molecule has 4 fully saturated rings. The molecule has 4 aliphatic carbocycles. The van der Waals surface area contributed by atoms with Crippen molar-refractivity contribution >= 4 is 44.5 Å². The van der Waals surface area contributed by atoms with E-state index in [0.29, 0.717) is 47.2 Å². The summed E-state index contributed by atoms with van der Waals surface area (Å²) in [7, 11) is 1.89. The Labute approximate surface area is 306 Å². The Bertz CT molecular complexity index is 2230. The van der Waals surface area contributed by atoms with Gasteiger partial charge in [0.15, 0.2) is 16.5 Å². The zero-order valence-electron chi connectivity index (χ0n) is 30.0. The normalized spacial score (nSPS) is 27.6. The predicted molar refractivity (Wildman–Crippen MR) is 200 cm³/mol. The first kappa shape index (κ1) is 33.2. The number of rotatable bonds is 8. The number of benzene rings is 1. The number of carbonyl (C=O) groups is 2. The third-order valence-corrected chi connectivity index (χ3v) is 13.2. The van der Waals surface area contributed by atoms with Crippen LogP contribution in [0, 0.1) is 23.2 Å². The van der Waals surface area contributed by atoms with Crippen molar-refractivity contribution in [2.24, 2.45) is 16.2 Å². The predicted octanol–water partition coefficient (Wildman–Crippen LogP) is 7.54. The first-order chi connectivity index (χ1) is 24.9. The SMILES string of the molecule is COC12CC3(C)CC(C)(CC(Cn4ncc(-c5ccc(N6CCc7cccc(C(=O)Nc8nc9ncccc9s8)c7C6)nc5C(=O)O)c4C)(C3)C1)C2. The lowest BCUT2D eigenvalue weighted by molar-refractivity contribution is -0.239. The molecule has 4 bridgehead atoms. The molecule has 2 unspecified atom stereocenters. The molecule has 0 saturated heterocycles. The Morgan fingerprint density at radius 2 is 1.79 bits per heavy atom. The van der Waals surface area contributed by atoms with E-state index in [1.165, 1.54) is 17.8 Å². The fraction of sp³-hybridized carbons (Fsp3) is 0.450. The largest absolute Gasteiger partial charge is 0.476 e. The van der Waals surface area contributed by atoms with Crippen molar-refractivity contribution in [2.45, 2.75) is 84.4 Å². The summed E-state index contributed by atoms with van der Waals surface area (Å²) < 4.78 is 9.29. The second kappa shape index (κ2) is 11.7. The first-order valence-corrected chi connectivity index (χ1v) is 18.9. The standard InChI is InChI=1S/C40H43N7O4S/c1-24-28(15-42-47(24)23-39-18-37(2)17-38(3,19-39)21-40(20-37,22-39)51-4)26-10-11-31(43-32(26)35(49)50)46-14-12-25-7-5-8-27(29(25)16-46)34(48)45-36-44-33-30(52-36)9-6-13-41-33/h5-11,13,15H,12,14,16-23H2,1-4H3,(H,49,50)(H,41,44,45,48). The van der Waals surface area contributed by atoms with E-state index in [-0.39, 0.29) is 33.4 Å². The van der Waals surface area contributed by atoms with Crippen LogP contribution < -0.4 is 10.2 Å². The van der Waals surface area contributed by atoms with E-state index in [2.05, 4.69) is 33.8 Å². The molecule has 12 heteroatoms. The first-order valence-electron chi connectivity index (χ1n) is 18.1. The van der Waals surface area contributed by atoms with Crippen molar-refractivity contribution in [3.05, 3.63) is 82.9 Å². The number of nitrogens with zero attached hydrogens (tertiary/aromatic N) is 6. The van der Waals surface area contributed by atoms with Crippen molar-refractivity contribution < 1.29 is 19.4 Å². The van der Waals surface area contributed by atoms with Gasteiger partial charge < -0.3 is 14.7 Å². The van der Waals surface area contributed by atoms with Crippen molar-refractivity contribution in [2.75, 3.05) is 23.9 Å². The van der Waals surface area contributed by atoms with Crippen LogP contribution in [0.1, 0.15) is 90.0 Å². The summed E-state index contributed by atoms with van der Waals surface area (Å²) in [6, 6.07) is 13.3. The summed E-state index contributed by atoms with van der Waals surface area (Å²) in [6.07, 6.45) is 11.0. The smallest absolute Gasteiger partial charge is 0.355 e. The fourth-order valence-corrected chi connectivity index (χ4v) is 12.2. The average molecular weight is 718 g/mol. The number of hydrogen-bond donors (Lipinski definition) is 2. The number of amides is 1. The highest BCUT2D eigenvalue weighted by Crippen LogP contribution is 2.72. The van der Waals surface area contributed by atoms with E-state index in [0.717, 1.165) is 65.7 Å². The molecule has 52 heavy (non-hydrogen) atoms. The number of pyridine rings is 2. The molecule has 5 aliphatic rings. The van der Waals surface area contributed by atoms with Gasteiger partial charge >= 0.3 is 5.97 Å². The number of carbonyl (C=O) groups excluding carboxylic acids is 1. The number of anilines is 2. The number of fused-ring (bicyclic) bond motifs is 2. The van der Waals surface area contributed by atoms with Gasteiger partial charge in [-0.1, -0.05) is 37.3 Å². The van der Waals surface area contributed by atoms with E-state index in [4.69, 9.17) is 14.8 Å². The number of hydrogen-bond acceptors (Lipinski definition) is 9. The van der Waals surface area contributed by atoms with Gasteiger partial charge in [0.05, 0.1) is 16.5 Å². The summed E-state index contributed by atoms with van der Waals surface area (Å²) in [4.78, 5) is 41.9. The third-order valence-electron chi connectivity index (χ3n) is 12.3. The number of aromatic carboxylic acids is 1. The van der Waals surface area contributed by atoms with Gasteiger partial charge in [0.1, 0.15) is 5.82 Å². The Morgan fingerprint density at radius 1 is 0.981 bits per heavy atom. The van der Waals surface area contributed by atoms with Crippen molar-refractivity contribution in [1.29, 1.82) is 0 Å². The molecule has 0 radical (unpaired) electrons. The number of thiazole rings is 1. The monoisotopic (exact) mass is 717 g/mol. The number of aromatic nitrogens is 5. The van der Waals surface area contributed by atoms with Crippen LogP contribution in [0.5, 0.6) is 0 Å². The fourth-order valence-electron chi connectivity index (χ4n) is 11.4. The lowest BCUT2D eigenvalue weighted by atomic mass is 9.39. The molecule has 268 valence electrons. The molecular formula is C40H43N7O4S. The number of carboxylic acid groups (broad SMARTS) is 1. The summed E-state index contributed by atoms with van der Waals surface area (Å²) >= 11 is 1.38. The molecule has 1 aromatic carbocycles. The minimum Gasteiger partial charge on any atom is -0.476 e. The van der Waals surface area contributed by atoms with Gasteiger partial charge in [-0.3, -0.25) is 14.8 Å². The van der Waals surface area contributed by atoms with Gasteiger partial charge in [-0.05, 0) is 110 Å². The Morgan fingerprint density at radius 3 is 2.54 bits per heavy atom. The van der Waals surface area contributed by atoms with Crippen LogP contribution in [0.25, 0.3) is 21.5 Å². The van der Waals surface area contributed by atoms with Crippen LogP contribution >= 0.6 is 11.3 Å². The molecule has 10 rings (SSSR count). The topological polar surface area (TPSA) is 135 Å². The number of ether oxygens (including phenoxy) is 1. The Kier molecular flexibility index (Phi) is 7.44. The highest BCUT2D eigenvalue weighted by Gasteiger charge is 2.66. The molecule has 1 amide bonds. The molecule has 2 N–H and O–H groups in total. The summed E-state index contributed by atoms with van der Waals surface area (Å²) in [6.45, 7) is 8.78. The Balaban J connectivity index is 0.976. The zero-order valence-corrected chi connectivity index (χ0v) is 30.8. The molecule has 4 aromatic heterocycles. The van der Waals surface area contributed by atoms with Gasteiger partial charge in [-0.15, -0.1) is 0 Å². The van der Waals surface area contributed by atoms with Gasteiger partial charge in [0.25, 0.3) is 5.91 Å². The lowest BCUT2D eigenvalue weighted by Gasteiger charge is -2.69. The maximum absolute atomic E-state index is 13.6. The maximum atomic E-state index is 13.6. The van der Waals surface area contributed by atoms with E-state index < -0.39 is 5.97 Å². The average Bonchev–Trinajstić information content (AvgIpc) is 3.67. The van der Waals surface area contributed by atoms with Crippen LogP contribution in [-0.2, 0) is 24.2 Å². The number of nitrogens with one attached hydrogen (secondary N) is 1. The number of methoxy groups -OCH3 is 1. The molecule has 5 aromatic rings. The highest BCUT2D eigenvalue weighted by atomic mass is 32.1. The second-order valence-corrected chi connectivity index (χ2v) is 17.7. The van der Waals surface area contributed by atoms with Gasteiger partial charge in [-0.2, -0.15) is 10.1 Å². The summed E-state index contributed by atoms with van der Waals surface area (Å²) in [5.41, 5.74) is 5.95. The second-order valence-electron chi connectivity index (χ2n) is 16.7. The number of carboxylic acids is 1. The van der Waals surface area contributed by atoms with Crippen LogP contribution in [-0.4, -0.2) is 61.0 Å². The molecule has 2 atom stereocenters. The summed E-state index contributed by atoms with van der Waals surface area (Å²) in [5.74, 6) is -0.770. The van der Waals surface area contributed by atoms with Crippen molar-refractivity contribution in [3.8, 4) is 11.1 Å². The molecule has 11 nitrogen and oxygen atoms in total. The van der Waals surface area contributed by atoms with Crippen LogP contribution in [0.15, 0.2) is 54.9 Å². The quantitative estimate of drug-likeness (QED) is 0.167. The van der Waals surface area contributed by atoms with Crippen LogP contribution in [0.2, 0.25) is 0 Å². The molecule has 1 aliphatic heterocycles. The van der Waals surface area contributed by atoms with Gasteiger partial charge in [-0.25, -0.2) is 14.8 Å². The molecule has 0 spiro atoms. The molecule has 5 heterocycles. The third kappa shape index (κ3) is 5.49.